The highest BCUT2D eigenvalue weighted by Gasteiger charge is 2.42. The zero-order valence-electron chi connectivity index (χ0n) is 16.3. The van der Waals surface area contributed by atoms with Crippen LogP contribution in [0.2, 0.25) is 0 Å². The molecular weight excluding hydrogens is 434 g/mol. The van der Waals surface area contributed by atoms with Gasteiger partial charge in [0.25, 0.3) is 0 Å². The molecule has 1 N–H and O–H groups in total. The number of hydrogen-bond donors (Lipinski definition) is 1. The molecule has 0 spiro atoms. The third kappa shape index (κ3) is 3.08. The number of esters is 1. The second-order valence-electron chi connectivity index (χ2n) is 6.87. The molecule has 4 rings (SSSR count). The first kappa shape index (κ1) is 19.5. The molecule has 2 aromatic rings. The lowest BCUT2D eigenvalue weighted by Crippen LogP contribution is -2.29. The highest BCUT2D eigenvalue weighted by Crippen LogP contribution is 2.47. The Kier molecular flexibility index (Phi) is 5.04. The van der Waals surface area contributed by atoms with Gasteiger partial charge in [0.2, 0.25) is 0 Å². The van der Waals surface area contributed by atoms with Crippen molar-refractivity contribution < 1.29 is 19.1 Å². The predicted octanol–water partition coefficient (Wildman–Crippen LogP) is 4.59. The van der Waals surface area contributed by atoms with Crippen molar-refractivity contribution in [1.29, 1.82) is 0 Å². The number of benzene rings is 2. The van der Waals surface area contributed by atoms with Crippen molar-refractivity contribution >= 4 is 33.4 Å². The first-order chi connectivity index (χ1) is 14.0. The van der Waals surface area contributed by atoms with E-state index in [1.54, 1.807) is 0 Å². The maximum Gasteiger partial charge on any atom is 0.336 e. The summed E-state index contributed by atoms with van der Waals surface area (Å²) in [5, 5.41) is 3.28. The van der Waals surface area contributed by atoms with Crippen LogP contribution < -0.4 is 10.1 Å². The summed E-state index contributed by atoms with van der Waals surface area (Å²) in [6, 6.07) is 13.1. The Bertz CT molecular complexity index is 1100. The van der Waals surface area contributed by atoms with Gasteiger partial charge in [-0.05, 0) is 47.5 Å². The molecule has 2 aliphatic rings. The van der Waals surface area contributed by atoms with Gasteiger partial charge >= 0.3 is 5.97 Å². The molecule has 29 heavy (non-hydrogen) atoms. The first-order valence-corrected chi connectivity index (χ1v) is 10.1. The average molecular weight is 454 g/mol. The Hall–Kier alpha value is -2.86. The molecule has 1 heterocycles. The monoisotopic (exact) mass is 453 g/mol. The van der Waals surface area contributed by atoms with Crippen LogP contribution in [0.25, 0.3) is 5.70 Å². The number of ether oxygens (including phenoxy) is 2. The first-order valence-electron chi connectivity index (χ1n) is 9.34. The highest BCUT2D eigenvalue weighted by molar-refractivity contribution is 9.10. The molecule has 0 radical (unpaired) electrons. The number of halogens is 1. The van der Waals surface area contributed by atoms with E-state index in [4.69, 9.17) is 9.47 Å². The van der Waals surface area contributed by atoms with E-state index in [1.165, 1.54) is 7.11 Å². The van der Waals surface area contributed by atoms with Crippen LogP contribution in [0.15, 0.2) is 63.8 Å². The fourth-order valence-corrected chi connectivity index (χ4v) is 4.52. The summed E-state index contributed by atoms with van der Waals surface area (Å²) >= 11 is 3.55. The Morgan fingerprint density at radius 2 is 1.90 bits per heavy atom. The Labute approximate surface area is 177 Å². The maximum atomic E-state index is 13.3. The van der Waals surface area contributed by atoms with Gasteiger partial charge in [-0.25, -0.2) is 4.79 Å². The molecule has 1 atom stereocenters. The second-order valence-corrected chi connectivity index (χ2v) is 7.73. The number of allylic oxidation sites excluding steroid dienone is 2. The zero-order chi connectivity index (χ0) is 20.7. The SMILES string of the molecule is CCOc1ccc([C@@H]2C(C(=O)OC)=C(C)NC3=C2C(=O)c2ccccc23)cc1Br. The van der Waals surface area contributed by atoms with E-state index in [-0.39, 0.29) is 5.78 Å². The fraction of sp³-hybridized carbons (Fsp3) is 0.217. The summed E-state index contributed by atoms with van der Waals surface area (Å²) in [4.78, 5) is 26.0. The average Bonchev–Trinajstić information content (AvgIpc) is 3.00. The second kappa shape index (κ2) is 7.52. The summed E-state index contributed by atoms with van der Waals surface area (Å²) in [5.74, 6) is -0.362. The van der Waals surface area contributed by atoms with Crippen molar-refractivity contribution in [3.8, 4) is 5.75 Å². The van der Waals surface area contributed by atoms with Crippen LogP contribution in [0.1, 0.15) is 41.3 Å². The lowest BCUT2D eigenvalue weighted by molar-refractivity contribution is -0.136. The molecule has 1 aliphatic carbocycles. The zero-order valence-corrected chi connectivity index (χ0v) is 17.9. The van der Waals surface area contributed by atoms with Gasteiger partial charge in [0.15, 0.2) is 5.78 Å². The number of rotatable bonds is 4. The van der Waals surface area contributed by atoms with E-state index >= 15 is 0 Å². The van der Waals surface area contributed by atoms with Crippen LogP contribution in [0.5, 0.6) is 5.75 Å². The summed E-state index contributed by atoms with van der Waals surface area (Å²) in [6.45, 7) is 4.29. The van der Waals surface area contributed by atoms with Crippen molar-refractivity contribution in [3.63, 3.8) is 0 Å². The fourth-order valence-electron chi connectivity index (χ4n) is 4.01. The normalized spacial score (nSPS) is 17.7. The number of fused-ring (bicyclic) bond motifs is 2. The molecule has 148 valence electrons. The Balaban J connectivity index is 1.92. The molecular formula is C23H20BrNO4. The van der Waals surface area contributed by atoms with Crippen molar-refractivity contribution in [2.75, 3.05) is 13.7 Å². The van der Waals surface area contributed by atoms with Crippen molar-refractivity contribution in [2.45, 2.75) is 19.8 Å². The third-order valence-corrected chi connectivity index (χ3v) is 5.86. The molecule has 0 amide bonds. The third-order valence-electron chi connectivity index (χ3n) is 5.24. The maximum absolute atomic E-state index is 13.3. The molecule has 0 fully saturated rings. The molecule has 0 saturated carbocycles. The number of nitrogens with one attached hydrogen (secondary N) is 1. The van der Waals surface area contributed by atoms with E-state index in [0.29, 0.717) is 34.8 Å². The van der Waals surface area contributed by atoms with Crippen LogP contribution in [0.3, 0.4) is 0 Å². The van der Waals surface area contributed by atoms with Crippen LogP contribution >= 0.6 is 15.9 Å². The Morgan fingerprint density at radius 1 is 1.17 bits per heavy atom. The molecule has 1 aliphatic heterocycles. The number of ketones is 1. The quantitative estimate of drug-likeness (QED) is 0.685. The van der Waals surface area contributed by atoms with Gasteiger partial charge in [-0.15, -0.1) is 0 Å². The lowest BCUT2D eigenvalue weighted by atomic mass is 9.80. The topological polar surface area (TPSA) is 64.6 Å². The highest BCUT2D eigenvalue weighted by atomic mass is 79.9. The van der Waals surface area contributed by atoms with Gasteiger partial charge < -0.3 is 14.8 Å². The summed E-state index contributed by atoms with van der Waals surface area (Å²) in [6.07, 6.45) is 0. The van der Waals surface area contributed by atoms with Crippen LogP contribution in [-0.4, -0.2) is 25.5 Å². The van der Waals surface area contributed by atoms with Crippen LogP contribution in [-0.2, 0) is 9.53 Å². The minimum Gasteiger partial charge on any atom is -0.493 e. The van der Waals surface area contributed by atoms with Crippen molar-refractivity contribution in [1.82, 2.24) is 5.32 Å². The number of carbonyl (C=O) groups is 2. The van der Waals surface area contributed by atoms with E-state index in [0.717, 1.165) is 21.3 Å². The summed E-state index contributed by atoms with van der Waals surface area (Å²) < 4.78 is 11.4. The summed E-state index contributed by atoms with van der Waals surface area (Å²) in [5.41, 5.74) is 4.73. The van der Waals surface area contributed by atoms with E-state index in [9.17, 15) is 9.59 Å². The van der Waals surface area contributed by atoms with Gasteiger partial charge in [-0.1, -0.05) is 30.3 Å². The van der Waals surface area contributed by atoms with Crippen LogP contribution in [0, 0.1) is 0 Å². The van der Waals surface area contributed by atoms with Crippen molar-refractivity contribution in [2.24, 2.45) is 0 Å². The van der Waals surface area contributed by atoms with Gasteiger partial charge in [-0.3, -0.25) is 4.79 Å². The van der Waals surface area contributed by atoms with Gasteiger partial charge in [0.1, 0.15) is 5.75 Å². The number of carbonyl (C=O) groups excluding carboxylic acids is 2. The number of dihydropyridines is 1. The molecule has 5 nitrogen and oxygen atoms in total. The summed E-state index contributed by atoms with van der Waals surface area (Å²) in [7, 11) is 1.35. The number of hydrogen-bond acceptors (Lipinski definition) is 5. The van der Waals surface area contributed by atoms with E-state index in [1.807, 2.05) is 56.3 Å². The smallest absolute Gasteiger partial charge is 0.336 e. The minimum atomic E-state index is -0.537. The molecule has 6 heteroatoms. The van der Waals surface area contributed by atoms with E-state index < -0.39 is 11.9 Å². The number of Topliss-reactive ketones (excluding diaryl/α,β-unsaturated/α-hetero) is 1. The van der Waals surface area contributed by atoms with Gasteiger partial charge in [0, 0.05) is 28.3 Å². The van der Waals surface area contributed by atoms with Gasteiger partial charge in [0.05, 0.1) is 29.5 Å². The van der Waals surface area contributed by atoms with Gasteiger partial charge in [-0.2, -0.15) is 0 Å². The lowest BCUT2D eigenvalue weighted by Gasteiger charge is -2.29. The van der Waals surface area contributed by atoms with Crippen molar-refractivity contribution in [3.05, 3.63) is 80.5 Å². The van der Waals surface area contributed by atoms with E-state index in [2.05, 4.69) is 21.2 Å². The predicted molar refractivity (Wildman–Crippen MR) is 114 cm³/mol. The Morgan fingerprint density at radius 3 is 2.55 bits per heavy atom. The minimum absolute atomic E-state index is 0.0768. The molecule has 0 saturated heterocycles. The molecule has 2 aromatic carbocycles. The van der Waals surface area contributed by atoms with Crippen LogP contribution in [0.4, 0.5) is 0 Å². The molecule has 0 bridgehead atoms. The largest absolute Gasteiger partial charge is 0.493 e. The number of methoxy groups -OCH3 is 1. The molecule has 0 aromatic heterocycles. The molecule has 0 unspecified atom stereocenters. The standard InChI is InChI=1S/C23H20BrNO4/c1-4-29-17-10-9-13(11-16(17)24)19-18(23(27)28-3)12(2)25-21-14-7-5-6-8-15(14)22(26)20(19)21/h5-11,19,25H,4H2,1-3H3/t19-/m1/s1.